The molecule has 0 saturated carbocycles. The van der Waals surface area contributed by atoms with E-state index in [0.717, 1.165) is 27.7 Å². The second kappa shape index (κ2) is 7.09. The number of thioether (sulfide) groups is 1. The lowest BCUT2D eigenvalue weighted by Gasteiger charge is -2.04. The third-order valence-corrected chi connectivity index (χ3v) is 4.67. The van der Waals surface area contributed by atoms with E-state index in [4.69, 9.17) is 23.2 Å². The molecule has 0 aliphatic carbocycles. The number of benzene rings is 1. The zero-order chi connectivity index (χ0) is 15.4. The molecule has 3 nitrogen and oxygen atoms in total. The molecule has 3 rings (SSSR count). The van der Waals surface area contributed by atoms with Crippen molar-refractivity contribution in [3.8, 4) is 11.4 Å². The van der Waals surface area contributed by atoms with Crippen LogP contribution in [-0.4, -0.2) is 15.2 Å². The highest BCUT2D eigenvalue weighted by Gasteiger charge is 2.04. The minimum absolute atomic E-state index is 0.565. The fraction of sp³-hybridized carbons (Fsp3) is 0.0625. The van der Waals surface area contributed by atoms with Crippen LogP contribution in [0.15, 0.2) is 59.8 Å². The fourth-order valence-electron chi connectivity index (χ4n) is 1.83. The van der Waals surface area contributed by atoms with Crippen LogP contribution in [0.1, 0.15) is 5.56 Å². The van der Waals surface area contributed by atoms with Crippen molar-refractivity contribution in [1.29, 1.82) is 0 Å². The van der Waals surface area contributed by atoms with Gasteiger partial charge in [0.15, 0.2) is 0 Å². The molecule has 0 N–H and O–H groups in total. The van der Waals surface area contributed by atoms with Crippen molar-refractivity contribution in [3.63, 3.8) is 0 Å². The summed E-state index contributed by atoms with van der Waals surface area (Å²) in [5.74, 6) is 0.758. The molecule has 0 bridgehead atoms. The van der Waals surface area contributed by atoms with E-state index in [1.165, 1.54) is 0 Å². The summed E-state index contributed by atoms with van der Waals surface area (Å²) in [5, 5.41) is 10.4. The first-order valence-corrected chi connectivity index (χ1v) is 8.28. The predicted molar refractivity (Wildman–Crippen MR) is 91.3 cm³/mol. The van der Waals surface area contributed by atoms with Crippen LogP contribution in [0.5, 0.6) is 0 Å². The Kier molecular flexibility index (Phi) is 4.93. The van der Waals surface area contributed by atoms with Gasteiger partial charge >= 0.3 is 0 Å². The molecule has 2 aromatic heterocycles. The summed E-state index contributed by atoms with van der Waals surface area (Å²) in [5.41, 5.74) is 2.67. The summed E-state index contributed by atoms with van der Waals surface area (Å²) in [6.45, 7) is 0. The molecule has 6 heteroatoms. The third kappa shape index (κ3) is 3.77. The van der Waals surface area contributed by atoms with Gasteiger partial charge in [0.05, 0.1) is 15.7 Å². The molecule has 0 atom stereocenters. The van der Waals surface area contributed by atoms with Crippen LogP contribution >= 0.6 is 35.0 Å². The highest BCUT2D eigenvalue weighted by molar-refractivity contribution is 7.98. The smallest absolute Gasteiger partial charge is 0.119 e. The van der Waals surface area contributed by atoms with Gasteiger partial charge in [-0.2, -0.15) is 0 Å². The van der Waals surface area contributed by atoms with E-state index in [1.54, 1.807) is 24.0 Å². The molecule has 0 fully saturated rings. The second-order valence-corrected chi connectivity index (χ2v) is 6.32. The summed E-state index contributed by atoms with van der Waals surface area (Å²) >= 11 is 13.5. The van der Waals surface area contributed by atoms with Gasteiger partial charge in [0.25, 0.3) is 0 Å². The molecule has 0 aliphatic rings. The average molecular weight is 348 g/mol. The summed E-state index contributed by atoms with van der Waals surface area (Å²) in [4.78, 5) is 4.25. The Balaban J connectivity index is 1.67. The number of hydrogen-bond donors (Lipinski definition) is 0. The number of nitrogens with zero attached hydrogens (tertiary/aromatic N) is 3. The standard InChI is InChI=1S/C16H11Cl2N3S/c17-12-5-4-11(9-13(12)18)10-22-16-7-6-15(20-21-16)14-3-1-2-8-19-14/h1-9H,10H2. The largest absolute Gasteiger partial charge is 0.255 e. The monoisotopic (exact) mass is 347 g/mol. The molecule has 1 aromatic carbocycles. The van der Waals surface area contributed by atoms with Gasteiger partial charge in [-0.1, -0.05) is 47.1 Å². The van der Waals surface area contributed by atoms with Gasteiger partial charge in [0.2, 0.25) is 0 Å². The maximum absolute atomic E-state index is 6.01. The van der Waals surface area contributed by atoms with Crippen LogP contribution in [0.25, 0.3) is 11.4 Å². The molecule has 0 amide bonds. The summed E-state index contributed by atoms with van der Waals surface area (Å²) in [7, 11) is 0. The lowest BCUT2D eigenvalue weighted by atomic mass is 10.2. The minimum Gasteiger partial charge on any atom is -0.255 e. The van der Waals surface area contributed by atoms with E-state index < -0.39 is 0 Å². The lowest BCUT2D eigenvalue weighted by molar-refractivity contribution is 0.931. The van der Waals surface area contributed by atoms with E-state index >= 15 is 0 Å². The number of hydrogen-bond acceptors (Lipinski definition) is 4. The molecule has 22 heavy (non-hydrogen) atoms. The van der Waals surface area contributed by atoms with E-state index in [-0.39, 0.29) is 0 Å². The van der Waals surface area contributed by atoms with Gasteiger partial charge in [-0.3, -0.25) is 4.98 Å². The van der Waals surface area contributed by atoms with Gasteiger partial charge in [-0.15, -0.1) is 10.2 Å². The Hall–Kier alpha value is -1.62. The Morgan fingerprint density at radius 2 is 1.77 bits per heavy atom. The van der Waals surface area contributed by atoms with E-state index in [0.29, 0.717) is 10.0 Å². The molecular formula is C16H11Cl2N3S. The molecule has 0 radical (unpaired) electrons. The van der Waals surface area contributed by atoms with Crippen molar-refractivity contribution in [1.82, 2.24) is 15.2 Å². The third-order valence-electron chi connectivity index (χ3n) is 2.94. The average Bonchev–Trinajstić information content (AvgIpc) is 2.57. The van der Waals surface area contributed by atoms with Crippen molar-refractivity contribution in [2.45, 2.75) is 10.8 Å². The highest BCUT2D eigenvalue weighted by Crippen LogP contribution is 2.27. The van der Waals surface area contributed by atoms with Crippen LogP contribution < -0.4 is 0 Å². The highest BCUT2D eigenvalue weighted by atomic mass is 35.5. The maximum Gasteiger partial charge on any atom is 0.119 e. The van der Waals surface area contributed by atoms with Crippen LogP contribution in [0.3, 0.4) is 0 Å². The van der Waals surface area contributed by atoms with Gasteiger partial charge in [-0.25, -0.2) is 0 Å². The van der Waals surface area contributed by atoms with Crippen molar-refractivity contribution in [2.75, 3.05) is 0 Å². The molecule has 2 heterocycles. The van der Waals surface area contributed by atoms with Crippen LogP contribution in [-0.2, 0) is 5.75 Å². The van der Waals surface area contributed by atoms with Crippen molar-refractivity contribution in [2.24, 2.45) is 0 Å². The molecule has 0 spiro atoms. The number of rotatable bonds is 4. The van der Waals surface area contributed by atoms with Gasteiger partial charge in [0, 0.05) is 11.9 Å². The molecule has 3 aromatic rings. The van der Waals surface area contributed by atoms with Crippen molar-refractivity contribution in [3.05, 3.63) is 70.3 Å². The Bertz CT molecular complexity index is 764. The zero-order valence-corrected chi connectivity index (χ0v) is 13.7. The summed E-state index contributed by atoms with van der Waals surface area (Å²) < 4.78 is 0. The van der Waals surface area contributed by atoms with Crippen molar-refractivity contribution < 1.29 is 0 Å². The van der Waals surface area contributed by atoms with Gasteiger partial charge in [-0.05, 0) is 42.0 Å². The summed E-state index contributed by atoms with van der Waals surface area (Å²) in [6.07, 6.45) is 1.74. The van der Waals surface area contributed by atoms with E-state index in [1.807, 2.05) is 42.5 Å². The number of halogens is 2. The Morgan fingerprint density at radius 1 is 0.864 bits per heavy atom. The quantitative estimate of drug-likeness (QED) is 0.612. The first kappa shape index (κ1) is 15.3. The summed E-state index contributed by atoms with van der Waals surface area (Å²) in [6, 6.07) is 15.2. The molecular weight excluding hydrogens is 337 g/mol. The Morgan fingerprint density at radius 3 is 2.45 bits per heavy atom. The topological polar surface area (TPSA) is 38.7 Å². The minimum atomic E-state index is 0.565. The lowest BCUT2D eigenvalue weighted by Crippen LogP contribution is -1.91. The van der Waals surface area contributed by atoms with Crippen LogP contribution in [0, 0.1) is 0 Å². The molecule has 0 saturated heterocycles. The predicted octanol–water partition coefficient (Wildman–Crippen LogP) is 5.14. The molecule has 0 aliphatic heterocycles. The second-order valence-electron chi connectivity index (χ2n) is 4.51. The first-order chi connectivity index (χ1) is 10.7. The normalized spacial score (nSPS) is 10.6. The van der Waals surface area contributed by atoms with Crippen LogP contribution in [0.4, 0.5) is 0 Å². The molecule has 110 valence electrons. The Labute approximate surface area is 142 Å². The SMILES string of the molecule is Clc1ccc(CSc2ccc(-c3ccccn3)nn2)cc1Cl. The van der Waals surface area contributed by atoms with Crippen LogP contribution in [0.2, 0.25) is 10.0 Å². The zero-order valence-electron chi connectivity index (χ0n) is 11.4. The van der Waals surface area contributed by atoms with E-state index in [9.17, 15) is 0 Å². The molecule has 0 unspecified atom stereocenters. The van der Waals surface area contributed by atoms with Gasteiger partial charge < -0.3 is 0 Å². The number of aromatic nitrogens is 3. The van der Waals surface area contributed by atoms with Gasteiger partial charge in [0.1, 0.15) is 10.7 Å². The van der Waals surface area contributed by atoms with Crippen molar-refractivity contribution >= 4 is 35.0 Å². The first-order valence-electron chi connectivity index (χ1n) is 6.54. The fourth-order valence-corrected chi connectivity index (χ4v) is 2.91. The maximum atomic E-state index is 6.01. The number of pyridine rings is 1. The van der Waals surface area contributed by atoms with E-state index in [2.05, 4.69) is 15.2 Å².